The second-order valence-corrected chi connectivity index (χ2v) is 4.39. The molecule has 0 unspecified atom stereocenters. The predicted molar refractivity (Wildman–Crippen MR) is 68.3 cm³/mol. The van der Waals surface area contributed by atoms with E-state index in [2.05, 4.69) is 21.7 Å². The van der Waals surface area contributed by atoms with Gasteiger partial charge in [-0.2, -0.15) is 0 Å². The van der Waals surface area contributed by atoms with Crippen LogP contribution in [0.2, 0.25) is 0 Å². The van der Waals surface area contributed by atoms with Crippen LogP contribution in [0.1, 0.15) is 6.92 Å². The highest BCUT2D eigenvalue weighted by molar-refractivity contribution is 5.88. The minimum absolute atomic E-state index is 0.924. The van der Waals surface area contributed by atoms with Crippen LogP contribution in [0.5, 0.6) is 0 Å². The molecule has 1 aliphatic heterocycles. The number of furan rings is 1. The fourth-order valence-corrected chi connectivity index (χ4v) is 2.41. The normalized spacial score (nSPS) is 17.8. The van der Waals surface area contributed by atoms with E-state index in [1.54, 1.807) is 6.26 Å². The van der Waals surface area contributed by atoms with E-state index in [4.69, 9.17) is 4.42 Å². The first-order valence-electron chi connectivity index (χ1n) is 6.18. The Morgan fingerprint density at radius 3 is 2.82 bits per heavy atom. The van der Waals surface area contributed by atoms with Crippen molar-refractivity contribution in [1.29, 1.82) is 0 Å². The number of likely N-dealkylation sites (N-methyl/N-ethyl adjacent to an activating group) is 1. The SMILES string of the molecule is CCN1CCN(c2nccc3occc23)CC1. The largest absolute Gasteiger partial charge is 0.464 e. The molecule has 0 radical (unpaired) electrons. The van der Waals surface area contributed by atoms with Gasteiger partial charge in [-0.25, -0.2) is 4.98 Å². The van der Waals surface area contributed by atoms with Crippen LogP contribution in [0.4, 0.5) is 5.82 Å². The molecule has 3 rings (SSSR count). The number of hydrogen-bond acceptors (Lipinski definition) is 4. The molecule has 1 saturated heterocycles. The van der Waals surface area contributed by atoms with E-state index in [0.717, 1.165) is 49.5 Å². The van der Waals surface area contributed by atoms with Gasteiger partial charge in [0.2, 0.25) is 0 Å². The molecule has 2 aromatic heterocycles. The topological polar surface area (TPSA) is 32.5 Å². The molecule has 17 heavy (non-hydrogen) atoms. The Labute approximate surface area is 101 Å². The van der Waals surface area contributed by atoms with Gasteiger partial charge in [-0.15, -0.1) is 0 Å². The van der Waals surface area contributed by atoms with Gasteiger partial charge in [-0.05, 0) is 18.7 Å². The third-order valence-corrected chi connectivity index (χ3v) is 3.48. The van der Waals surface area contributed by atoms with Crippen LogP contribution in [-0.2, 0) is 0 Å². The molecule has 0 N–H and O–H groups in total. The highest BCUT2D eigenvalue weighted by Gasteiger charge is 2.18. The second-order valence-electron chi connectivity index (χ2n) is 4.39. The van der Waals surface area contributed by atoms with Crippen molar-refractivity contribution in [1.82, 2.24) is 9.88 Å². The fraction of sp³-hybridized carbons (Fsp3) is 0.462. The summed E-state index contributed by atoms with van der Waals surface area (Å²) >= 11 is 0. The maximum Gasteiger partial charge on any atom is 0.139 e. The first kappa shape index (κ1) is 10.6. The summed E-state index contributed by atoms with van der Waals surface area (Å²) in [5, 5.41) is 1.12. The van der Waals surface area contributed by atoms with E-state index in [1.165, 1.54) is 0 Å². The Bertz CT molecular complexity index is 500. The average molecular weight is 231 g/mol. The van der Waals surface area contributed by atoms with Crippen LogP contribution < -0.4 is 4.90 Å². The van der Waals surface area contributed by atoms with E-state index in [-0.39, 0.29) is 0 Å². The van der Waals surface area contributed by atoms with Crippen molar-refractivity contribution in [3.05, 3.63) is 24.6 Å². The lowest BCUT2D eigenvalue weighted by atomic mass is 10.2. The quantitative estimate of drug-likeness (QED) is 0.791. The second kappa shape index (κ2) is 4.37. The molecule has 4 nitrogen and oxygen atoms in total. The summed E-state index contributed by atoms with van der Waals surface area (Å²) in [7, 11) is 0. The smallest absolute Gasteiger partial charge is 0.139 e. The molecule has 0 bridgehead atoms. The summed E-state index contributed by atoms with van der Waals surface area (Å²) in [4.78, 5) is 9.32. The van der Waals surface area contributed by atoms with Gasteiger partial charge < -0.3 is 14.2 Å². The zero-order valence-corrected chi connectivity index (χ0v) is 10.1. The summed E-state index contributed by atoms with van der Waals surface area (Å²) < 4.78 is 5.41. The molecule has 0 spiro atoms. The summed E-state index contributed by atoms with van der Waals surface area (Å²) in [6.45, 7) is 7.68. The van der Waals surface area contributed by atoms with Crippen molar-refractivity contribution in [2.75, 3.05) is 37.6 Å². The Hall–Kier alpha value is -1.55. The van der Waals surface area contributed by atoms with Crippen LogP contribution in [0.25, 0.3) is 11.0 Å². The first-order chi connectivity index (χ1) is 8.38. The first-order valence-corrected chi connectivity index (χ1v) is 6.18. The number of rotatable bonds is 2. The van der Waals surface area contributed by atoms with Gasteiger partial charge in [-0.1, -0.05) is 6.92 Å². The number of piperazine rings is 1. The van der Waals surface area contributed by atoms with Crippen molar-refractivity contribution >= 4 is 16.8 Å². The van der Waals surface area contributed by atoms with E-state index in [0.29, 0.717) is 0 Å². The highest BCUT2D eigenvalue weighted by Crippen LogP contribution is 2.25. The van der Waals surface area contributed by atoms with E-state index in [9.17, 15) is 0 Å². The minimum atomic E-state index is 0.924. The molecule has 4 heteroatoms. The molecular weight excluding hydrogens is 214 g/mol. The predicted octanol–water partition coefficient (Wildman–Crippen LogP) is 1.97. The number of fused-ring (bicyclic) bond motifs is 1. The van der Waals surface area contributed by atoms with Gasteiger partial charge in [0.1, 0.15) is 11.4 Å². The number of hydrogen-bond donors (Lipinski definition) is 0. The zero-order valence-electron chi connectivity index (χ0n) is 10.1. The summed E-state index contributed by atoms with van der Waals surface area (Å²) in [5.41, 5.74) is 0.924. The molecule has 0 aromatic carbocycles. The monoisotopic (exact) mass is 231 g/mol. The Balaban J connectivity index is 1.87. The van der Waals surface area contributed by atoms with Gasteiger partial charge in [-0.3, -0.25) is 0 Å². The molecule has 2 aromatic rings. The van der Waals surface area contributed by atoms with Gasteiger partial charge in [0, 0.05) is 32.4 Å². The highest BCUT2D eigenvalue weighted by atomic mass is 16.3. The zero-order chi connectivity index (χ0) is 11.7. The molecule has 0 atom stereocenters. The van der Waals surface area contributed by atoms with Crippen molar-refractivity contribution < 1.29 is 4.42 Å². The minimum Gasteiger partial charge on any atom is -0.464 e. The standard InChI is InChI=1S/C13H17N3O/c1-2-15-6-8-16(9-7-15)13-11-4-10-17-12(11)3-5-14-13/h3-5,10H,2,6-9H2,1H3. The van der Waals surface area contributed by atoms with Crippen LogP contribution in [-0.4, -0.2) is 42.6 Å². The van der Waals surface area contributed by atoms with E-state index in [1.807, 2.05) is 18.3 Å². The van der Waals surface area contributed by atoms with Crippen LogP contribution >= 0.6 is 0 Å². The molecule has 0 aliphatic carbocycles. The Morgan fingerprint density at radius 2 is 2.06 bits per heavy atom. The van der Waals surface area contributed by atoms with Gasteiger partial charge >= 0.3 is 0 Å². The third kappa shape index (κ3) is 1.89. The van der Waals surface area contributed by atoms with Gasteiger partial charge in [0.25, 0.3) is 0 Å². The van der Waals surface area contributed by atoms with Crippen molar-refractivity contribution in [2.24, 2.45) is 0 Å². The lowest BCUT2D eigenvalue weighted by molar-refractivity contribution is 0.271. The van der Waals surface area contributed by atoms with Crippen LogP contribution in [0, 0.1) is 0 Å². The van der Waals surface area contributed by atoms with Gasteiger partial charge in [0.15, 0.2) is 0 Å². The van der Waals surface area contributed by atoms with Crippen LogP contribution in [0.3, 0.4) is 0 Å². The Morgan fingerprint density at radius 1 is 1.24 bits per heavy atom. The van der Waals surface area contributed by atoms with E-state index < -0.39 is 0 Å². The van der Waals surface area contributed by atoms with Gasteiger partial charge in [0.05, 0.1) is 11.6 Å². The molecule has 3 heterocycles. The number of nitrogens with zero attached hydrogens (tertiary/aromatic N) is 3. The summed E-state index contributed by atoms with van der Waals surface area (Å²) in [6, 6.07) is 3.92. The lowest BCUT2D eigenvalue weighted by Gasteiger charge is -2.34. The number of anilines is 1. The summed E-state index contributed by atoms with van der Waals surface area (Å²) in [6.07, 6.45) is 3.56. The van der Waals surface area contributed by atoms with Crippen molar-refractivity contribution in [3.8, 4) is 0 Å². The van der Waals surface area contributed by atoms with Crippen LogP contribution in [0.15, 0.2) is 29.0 Å². The summed E-state index contributed by atoms with van der Waals surface area (Å²) in [5.74, 6) is 1.06. The maximum absolute atomic E-state index is 5.41. The van der Waals surface area contributed by atoms with Crippen molar-refractivity contribution in [3.63, 3.8) is 0 Å². The van der Waals surface area contributed by atoms with E-state index >= 15 is 0 Å². The number of pyridine rings is 1. The maximum atomic E-state index is 5.41. The molecule has 1 aliphatic rings. The molecule has 1 fully saturated rings. The Kier molecular flexibility index (Phi) is 2.73. The fourth-order valence-electron chi connectivity index (χ4n) is 2.41. The van der Waals surface area contributed by atoms with Crippen molar-refractivity contribution in [2.45, 2.75) is 6.92 Å². The lowest BCUT2D eigenvalue weighted by Crippen LogP contribution is -2.46. The number of aromatic nitrogens is 1. The average Bonchev–Trinajstić information content (AvgIpc) is 2.87. The molecule has 0 saturated carbocycles. The third-order valence-electron chi connectivity index (χ3n) is 3.48. The molecule has 0 amide bonds. The molecular formula is C13H17N3O. The molecule has 90 valence electrons.